The van der Waals surface area contributed by atoms with E-state index in [4.69, 9.17) is 5.73 Å². The number of amides is 1. The highest BCUT2D eigenvalue weighted by Gasteiger charge is 2.12. The van der Waals surface area contributed by atoms with Crippen molar-refractivity contribution >= 4 is 11.6 Å². The van der Waals surface area contributed by atoms with E-state index in [-0.39, 0.29) is 5.69 Å². The molecule has 0 unspecified atom stereocenters. The van der Waals surface area contributed by atoms with E-state index in [2.05, 4.69) is 9.97 Å². The quantitative estimate of drug-likeness (QED) is 0.709. The van der Waals surface area contributed by atoms with Gasteiger partial charge in [-0.1, -0.05) is 0 Å². The Balaban J connectivity index is 2.85. The van der Waals surface area contributed by atoms with Crippen LogP contribution in [0.4, 0.5) is 0 Å². The number of hydrogen-bond acceptors (Lipinski definition) is 3. The average molecular weight is 190 g/mol. The molecule has 2 aromatic heterocycles. The van der Waals surface area contributed by atoms with Gasteiger partial charge in [-0.2, -0.15) is 0 Å². The van der Waals surface area contributed by atoms with E-state index in [0.29, 0.717) is 5.65 Å². The third-order valence-corrected chi connectivity index (χ3v) is 2.06. The minimum Gasteiger partial charge on any atom is -0.364 e. The van der Waals surface area contributed by atoms with E-state index in [1.165, 1.54) is 0 Å². The van der Waals surface area contributed by atoms with Crippen LogP contribution in [0.2, 0.25) is 0 Å². The highest BCUT2D eigenvalue weighted by molar-refractivity contribution is 5.96. The lowest BCUT2D eigenvalue weighted by atomic mass is 10.3. The first-order valence-corrected chi connectivity index (χ1v) is 4.20. The Labute approximate surface area is 80.6 Å². The first-order chi connectivity index (χ1) is 6.59. The topological polar surface area (TPSA) is 73.3 Å². The van der Waals surface area contributed by atoms with Gasteiger partial charge in [-0.3, -0.25) is 9.20 Å². The van der Waals surface area contributed by atoms with Crippen molar-refractivity contribution in [2.75, 3.05) is 0 Å². The van der Waals surface area contributed by atoms with Crippen LogP contribution in [0.15, 0.2) is 12.4 Å². The molecule has 0 fully saturated rings. The fourth-order valence-electron chi connectivity index (χ4n) is 1.45. The lowest BCUT2D eigenvalue weighted by Gasteiger charge is -2.00. The summed E-state index contributed by atoms with van der Waals surface area (Å²) in [5.41, 5.74) is 7.74. The average Bonchev–Trinajstić information content (AvgIpc) is 2.47. The number of nitrogens with two attached hydrogens (primary N) is 1. The molecule has 0 bridgehead atoms. The molecule has 0 aromatic carbocycles. The molecule has 1 amide bonds. The van der Waals surface area contributed by atoms with E-state index in [1.807, 2.05) is 19.9 Å². The summed E-state index contributed by atoms with van der Waals surface area (Å²) in [5.74, 6) is -0.551. The zero-order valence-electron chi connectivity index (χ0n) is 7.98. The Morgan fingerprint density at radius 2 is 2.21 bits per heavy atom. The fourth-order valence-corrected chi connectivity index (χ4v) is 1.45. The second-order valence-corrected chi connectivity index (χ2v) is 3.19. The third kappa shape index (κ3) is 1.14. The molecule has 0 aliphatic rings. The number of aromatic nitrogens is 3. The van der Waals surface area contributed by atoms with E-state index >= 15 is 0 Å². The number of nitrogens with zero attached hydrogens (tertiary/aromatic N) is 3. The van der Waals surface area contributed by atoms with Crippen molar-refractivity contribution in [1.29, 1.82) is 0 Å². The van der Waals surface area contributed by atoms with Crippen molar-refractivity contribution in [3.8, 4) is 0 Å². The van der Waals surface area contributed by atoms with Crippen molar-refractivity contribution in [1.82, 2.24) is 14.4 Å². The number of carbonyl (C=O) groups excluding carboxylic acids is 1. The normalized spacial score (nSPS) is 10.7. The highest BCUT2D eigenvalue weighted by atomic mass is 16.1. The molecule has 0 radical (unpaired) electrons. The summed E-state index contributed by atoms with van der Waals surface area (Å²) >= 11 is 0. The van der Waals surface area contributed by atoms with Gasteiger partial charge in [0.15, 0.2) is 11.3 Å². The van der Waals surface area contributed by atoms with Crippen LogP contribution in [0.5, 0.6) is 0 Å². The summed E-state index contributed by atoms with van der Waals surface area (Å²) in [4.78, 5) is 19.1. The molecule has 5 heteroatoms. The monoisotopic (exact) mass is 190 g/mol. The summed E-state index contributed by atoms with van der Waals surface area (Å²) in [6.07, 6.45) is 1.55. The van der Waals surface area contributed by atoms with Crippen molar-refractivity contribution in [3.63, 3.8) is 0 Å². The predicted octanol–water partition coefficient (Wildman–Crippen LogP) is 0.445. The zero-order valence-corrected chi connectivity index (χ0v) is 7.98. The van der Waals surface area contributed by atoms with Crippen LogP contribution in [0, 0.1) is 13.8 Å². The van der Waals surface area contributed by atoms with Gasteiger partial charge in [-0.25, -0.2) is 9.97 Å². The van der Waals surface area contributed by atoms with E-state index in [1.54, 1.807) is 10.7 Å². The van der Waals surface area contributed by atoms with Crippen LogP contribution in [-0.4, -0.2) is 20.3 Å². The Bertz CT molecular complexity index is 515. The molecule has 0 spiro atoms. The van der Waals surface area contributed by atoms with E-state index in [9.17, 15) is 4.79 Å². The van der Waals surface area contributed by atoms with Crippen LogP contribution >= 0.6 is 0 Å². The summed E-state index contributed by atoms with van der Waals surface area (Å²) < 4.78 is 1.74. The second-order valence-electron chi connectivity index (χ2n) is 3.19. The van der Waals surface area contributed by atoms with Gasteiger partial charge in [0.2, 0.25) is 0 Å². The molecule has 72 valence electrons. The lowest BCUT2D eigenvalue weighted by Crippen LogP contribution is -2.12. The lowest BCUT2D eigenvalue weighted by molar-refractivity contribution is 0.0997. The van der Waals surface area contributed by atoms with Gasteiger partial charge < -0.3 is 5.73 Å². The standard InChI is InChI=1S/C9H10N4O/c1-5-3-6(2)13-4-11-7(8(10)14)9(13)12-5/h3-4H,1-2H3,(H2,10,14). The largest absolute Gasteiger partial charge is 0.364 e. The van der Waals surface area contributed by atoms with Crippen LogP contribution in [0.25, 0.3) is 5.65 Å². The fraction of sp³-hybridized carbons (Fsp3) is 0.222. The van der Waals surface area contributed by atoms with Gasteiger partial charge in [0.1, 0.15) is 6.33 Å². The molecule has 0 aliphatic carbocycles. The Morgan fingerprint density at radius 3 is 2.86 bits per heavy atom. The zero-order chi connectivity index (χ0) is 10.3. The van der Waals surface area contributed by atoms with Crippen molar-refractivity contribution < 1.29 is 4.79 Å². The molecule has 14 heavy (non-hydrogen) atoms. The SMILES string of the molecule is Cc1cc(C)n2cnc(C(N)=O)c2n1. The Hall–Kier alpha value is -1.91. The minimum absolute atomic E-state index is 0.219. The van der Waals surface area contributed by atoms with Gasteiger partial charge in [0.25, 0.3) is 5.91 Å². The molecule has 0 aliphatic heterocycles. The Kier molecular flexibility index (Phi) is 1.73. The molecule has 2 N–H and O–H groups in total. The molecule has 0 saturated heterocycles. The number of carbonyl (C=O) groups is 1. The molecule has 5 nitrogen and oxygen atoms in total. The molecule has 2 heterocycles. The van der Waals surface area contributed by atoms with Crippen molar-refractivity contribution in [3.05, 3.63) is 29.5 Å². The molecule has 2 rings (SSSR count). The first-order valence-electron chi connectivity index (χ1n) is 4.20. The van der Waals surface area contributed by atoms with Gasteiger partial charge in [0.05, 0.1) is 0 Å². The molecule has 2 aromatic rings. The molecular formula is C9H10N4O. The van der Waals surface area contributed by atoms with E-state index < -0.39 is 5.91 Å². The van der Waals surface area contributed by atoms with Gasteiger partial charge in [-0.05, 0) is 19.9 Å². The van der Waals surface area contributed by atoms with Crippen LogP contribution in [0.1, 0.15) is 21.9 Å². The number of rotatable bonds is 1. The maximum atomic E-state index is 11.0. The van der Waals surface area contributed by atoms with Crippen molar-refractivity contribution in [2.24, 2.45) is 5.73 Å². The van der Waals surface area contributed by atoms with Gasteiger partial charge in [-0.15, -0.1) is 0 Å². The van der Waals surface area contributed by atoms with E-state index in [0.717, 1.165) is 11.4 Å². The second kappa shape index (κ2) is 2.80. The third-order valence-electron chi connectivity index (χ3n) is 2.06. The maximum absolute atomic E-state index is 11.0. The van der Waals surface area contributed by atoms with Crippen molar-refractivity contribution in [2.45, 2.75) is 13.8 Å². The summed E-state index contributed by atoms with van der Waals surface area (Å²) in [7, 11) is 0. The van der Waals surface area contributed by atoms with Crippen LogP contribution < -0.4 is 5.73 Å². The number of aryl methyl sites for hydroxylation is 2. The van der Waals surface area contributed by atoms with Crippen LogP contribution in [-0.2, 0) is 0 Å². The minimum atomic E-state index is -0.551. The highest BCUT2D eigenvalue weighted by Crippen LogP contribution is 2.10. The first kappa shape index (κ1) is 8.68. The van der Waals surface area contributed by atoms with Crippen LogP contribution in [0.3, 0.4) is 0 Å². The van der Waals surface area contributed by atoms with Gasteiger partial charge in [0, 0.05) is 11.4 Å². The summed E-state index contributed by atoms with van der Waals surface area (Å²) in [6, 6.07) is 1.92. The number of primary amides is 1. The molecular weight excluding hydrogens is 180 g/mol. The summed E-state index contributed by atoms with van der Waals surface area (Å²) in [6.45, 7) is 3.79. The number of imidazole rings is 1. The van der Waals surface area contributed by atoms with Gasteiger partial charge >= 0.3 is 0 Å². The number of hydrogen-bond donors (Lipinski definition) is 1. The Morgan fingerprint density at radius 1 is 1.50 bits per heavy atom. The molecule has 0 saturated carbocycles. The smallest absolute Gasteiger partial charge is 0.271 e. The summed E-state index contributed by atoms with van der Waals surface area (Å²) in [5, 5.41) is 0. The maximum Gasteiger partial charge on any atom is 0.271 e. The molecule has 0 atom stereocenters. The predicted molar refractivity (Wildman–Crippen MR) is 51.0 cm³/mol. The number of fused-ring (bicyclic) bond motifs is 1.